The van der Waals surface area contributed by atoms with Crippen molar-refractivity contribution in [1.29, 1.82) is 0 Å². The van der Waals surface area contributed by atoms with Gasteiger partial charge in [-0.3, -0.25) is 23.6 Å². The Hall–Kier alpha value is -3.64. The van der Waals surface area contributed by atoms with Crippen LogP contribution in [0.2, 0.25) is 0 Å². The highest BCUT2D eigenvalue weighted by Crippen LogP contribution is 2.55. The Morgan fingerprint density at radius 3 is 2.75 bits per heavy atom. The number of rotatable bonds is 11. The Labute approximate surface area is 227 Å². The quantitative estimate of drug-likeness (QED) is 0.0655. The van der Waals surface area contributed by atoms with E-state index in [0.29, 0.717) is 30.6 Å². The smallest absolute Gasteiger partial charge is 0.404 e. The van der Waals surface area contributed by atoms with Crippen molar-refractivity contribution in [2.45, 2.75) is 50.0 Å². The number of benzene rings is 1. The Morgan fingerprint density at radius 1 is 1.27 bits per heavy atom. The van der Waals surface area contributed by atoms with Gasteiger partial charge < -0.3 is 47.7 Å². The van der Waals surface area contributed by atoms with Gasteiger partial charge in [-0.2, -0.15) is 0 Å². The number of hydrogen-bond donors (Lipinski definition) is 7. The second kappa shape index (κ2) is 12.3. The molecule has 2 aromatic rings. The highest BCUT2D eigenvalue weighted by molar-refractivity contribution is 7.49. The molecule has 0 radical (unpaired) electrons. The highest BCUT2D eigenvalue weighted by atomic mass is 31.2. The summed E-state index contributed by atoms with van der Waals surface area (Å²) in [6.45, 7) is -0.297. The minimum atomic E-state index is -4.13. The SMILES string of the molecule is NC(=O)c1ncn(C2OC(COP3(=O)OCc4cc(NC(=O)C(N)CCCN=C(N)N)ccc4O3)C(O)C2O)n1. The average Bonchev–Trinajstić information content (AvgIpc) is 3.51. The number of fused-ring (bicyclic) bond motifs is 1. The second-order valence-electron chi connectivity index (χ2n) is 8.93. The molecule has 3 heterocycles. The lowest BCUT2D eigenvalue weighted by molar-refractivity contribution is -0.117. The summed E-state index contributed by atoms with van der Waals surface area (Å²) >= 11 is 0. The summed E-state index contributed by atoms with van der Waals surface area (Å²) in [5.74, 6) is -1.44. The molecule has 1 saturated heterocycles. The predicted octanol–water partition coefficient (Wildman–Crippen LogP) is -1.95. The van der Waals surface area contributed by atoms with E-state index in [-0.39, 0.29) is 24.1 Å². The number of nitrogens with zero attached hydrogens (tertiary/aromatic N) is 4. The third kappa shape index (κ3) is 6.92. The normalized spacial score (nSPS) is 26.4. The number of nitrogens with two attached hydrogens (primary N) is 4. The number of aromatic nitrogens is 3. The number of carbonyl (C=O) groups excluding carboxylic acids is 2. The maximum atomic E-state index is 13.0. The molecule has 1 aromatic carbocycles. The lowest BCUT2D eigenvalue weighted by atomic mass is 10.1. The molecule has 19 heteroatoms. The van der Waals surface area contributed by atoms with Gasteiger partial charge in [0.15, 0.2) is 12.2 Å². The molecule has 0 spiro atoms. The third-order valence-electron chi connectivity index (χ3n) is 5.94. The molecule has 18 nitrogen and oxygen atoms in total. The summed E-state index contributed by atoms with van der Waals surface area (Å²) in [6, 6.07) is 3.80. The molecule has 4 rings (SSSR count). The van der Waals surface area contributed by atoms with Crippen molar-refractivity contribution < 1.29 is 42.7 Å². The first-order valence-corrected chi connectivity index (χ1v) is 13.5. The zero-order chi connectivity index (χ0) is 29.0. The van der Waals surface area contributed by atoms with Crippen molar-refractivity contribution in [3.63, 3.8) is 0 Å². The second-order valence-corrected chi connectivity index (χ2v) is 10.5. The molecule has 2 aliphatic heterocycles. The van der Waals surface area contributed by atoms with Gasteiger partial charge in [0.1, 0.15) is 30.4 Å². The third-order valence-corrected chi connectivity index (χ3v) is 7.28. The molecule has 1 aromatic heterocycles. The van der Waals surface area contributed by atoms with Crippen LogP contribution in [0.3, 0.4) is 0 Å². The molecule has 40 heavy (non-hydrogen) atoms. The van der Waals surface area contributed by atoms with Crippen molar-refractivity contribution in [3.8, 4) is 5.75 Å². The molecule has 6 unspecified atom stereocenters. The zero-order valence-corrected chi connectivity index (χ0v) is 21.9. The van der Waals surface area contributed by atoms with Gasteiger partial charge in [-0.05, 0) is 31.0 Å². The predicted molar refractivity (Wildman–Crippen MR) is 136 cm³/mol. The van der Waals surface area contributed by atoms with E-state index in [4.69, 9.17) is 41.2 Å². The fourth-order valence-corrected chi connectivity index (χ4v) is 5.09. The summed E-state index contributed by atoms with van der Waals surface area (Å²) < 4.78 is 35.7. The van der Waals surface area contributed by atoms with E-state index >= 15 is 0 Å². The van der Waals surface area contributed by atoms with E-state index < -0.39 is 56.8 Å². The van der Waals surface area contributed by atoms with E-state index in [1.165, 1.54) is 12.1 Å². The van der Waals surface area contributed by atoms with Crippen LogP contribution in [0.25, 0.3) is 0 Å². The number of anilines is 1. The van der Waals surface area contributed by atoms with E-state index in [9.17, 15) is 24.4 Å². The van der Waals surface area contributed by atoms with Crippen LogP contribution in [0, 0.1) is 0 Å². The summed E-state index contributed by atoms with van der Waals surface area (Å²) in [7, 11) is -4.13. The summed E-state index contributed by atoms with van der Waals surface area (Å²) in [5.41, 5.74) is 22.5. The monoisotopic (exact) mass is 583 g/mol. The van der Waals surface area contributed by atoms with Crippen LogP contribution in [-0.2, 0) is 29.8 Å². The van der Waals surface area contributed by atoms with Crippen LogP contribution >= 0.6 is 7.82 Å². The van der Waals surface area contributed by atoms with E-state index in [0.717, 1.165) is 11.0 Å². The van der Waals surface area contributed by atoms with Crippen LogP contribution in [0.1, 0.15) is 35.3 Å². The van der Waals surface area contributed by atoms with Gasteiger partial charge in [-0.1, -0.05) is 0 Å². The van der Waals surface area contributed by atoms with Crippen LogP contribution in [-0.4, -0.2) is 80.3 Å². The summed E-state index contributed by atoms with van der Waals surface area (Å²) in [4.78, 5) is 31.1. The van der Waals surface area contributed by atoms with Gasteiger partial charge in [0, 0.05) is 17.8 Å². The average molecular weight is 583 g/mol. The van der Waals surface area contributed by atoms with Gasteiger partial charge in [-0.25, -0.2) is 14.2 Å². The van der Waals surface area contributed by atoms with Crippen molar-refractivity contribution in [3.05, 3.63) is 35.9 Å². The van der Waals surface area contributed by atoms with Crippen molar-refractivity contribution in [2.75, 3.05) is 18.5 Å². The van der Waals surface area contributed by atoms with Gasteiger partial charge in [0.05, 0.1) is 19.3 Å². The largest absolute Gasteiger partial charge is 0.530 e. The lowest BCUT2D eigenvalue weighted by Gasteiger charge is -2.26. The molecule has 11 N–H and O–H groups in total. The topological polar surface area (TPSA) is 288 Å². The Kier molecular flexibility index (Phi) is 8.99. The molecule has 218 valence electrons. The Morgan fingerprint density at radius 2 is 2.05 bits per heavy atom. The van der Waals surface area contributed by atoms with Crippen molar-refractivity contribution in [1.82, 2.24) is 14.8 Å². The lowest BCUT2D eigenvalue weighted by Crippen LogP contribution is -2.35. The van der Waals surface area contributed by atoms with Crippen LogP contribution in [0.4, 0.5) is 5.69 Å². The number of phosphoric acid groups is 1. The fraction of sp³-hybridized carbons (Fsp3) is 0.476. The molecule has 2 amide bonds. The number of carbonyl (C=O) groups is 2. The first-order chi connectivity index (χ1) is 19.0. The first-order valence-electron chi connectivity index (χ1n) is 12.0. The van der Waals surface area contributed by atoms with Gasteiger partial charge in [0.2, 0.25) is 11.7 Å². The molecule has 6 atom stereocenters. The fourth-order valence-electron chi connectivity index (χ4n) is 3.86. The number of phosphoric ester groups is 1. The molecule has 1 fully saturated rings. The Balaban J connectivity index is 1.30. The summed E-state index contributed by atoms with van der Waals surface area (Å²) in [5, 5.41) is 27.2. The minimum absolute atomic E-state index is 0.0344. The number of hydrogen-bond acceptors (Lipinski definition) is 13. The molecule has 0 bridgehead atoms. The number of primary amides is 1. The van der Waals surface area contributed by atoms with Gasteiger partial charge in [0.25, 0.3) is 5.91 Å². The maximum Gasteiger partial charge on any atom is 0.530 e. The number of aliphatic hydroxyl groups excluding tert-OH is 2. The van der Waals surface area contributed by atoms with E-state index in [1.807, 2.05) is 0 Å². The van der Waals surface area contributed by atoms with Crippen molar-refractivity contribution >= 4 is 31.3 Å². The Bertz CT molecular complexity index is 1320. The minimum Gasteiger partial charge on any atom is -0.404 e. The standard InChI is InChI=1S/C21H30N9O9P/c22-12(2-1-5-26-21(24)25)19(34)28-11-3-4-13-10(6-11)7-36-40(35,39-13)37-8-14-15(31)16(32)20(38-14)30-9-27-18(29-30)17(23)33/h3-4,6,9,12,14-16,20,31-32H,1-2,5,7-8,22H2,(H2,23,33)(H,28,34)(H4,24,25,26). The van der Waals surface area contributed by atoms with Crippen LogP contribution in [0.5, 0.6) is 5.75 Å². The van der Waals surface area contributed by atoms with Crippen LogP contribution < -0.4 is 32.8 Å². The highest BCUT2D eigenvalue weighted by Gasteiger charge is 2.46. The van der Waals surface area contributed by atoms with E-state index in [2.05, 4.69) is 20.4 Å². The van der Waals surface area contributed by atoms with E-state index in [1.54, 1.807) is 6.07 Å². The molecule has 0 saturated carbocycles. The molecule has 2 aliphatic rings. The number of aliphatic hydroxyl groups is 2. The molecular weight excluding hydrogens is 553 g/mol. The first kappa shape index (κ1) is 29.3. The molecule has 0 aliphatic carbocycles. The van der Waals surface area contributed by atoms with Gasteiger partial charge in [-0.15, -0.1) is 5.10 Å². The number of amides is 2. The molecular formula is C21H30N9O9P. The van der Waals surface area contributed by atoms with Crippen molar-refractivity contribution in [2.24, 2.45) is 27.9 Å². The number of guanidine groups is 1. The number of nitrogens with one attached hydrogen (secondary N) is 1. The number of ether oxygens (including phenoxy) is 1. The maximum absolute atomic E-state index is 13.0. The number of aliphatic imine (C=N–C) groups is 1. The summed E-state index contributed by atoms with van der Waals surface area (Å²) in [6.07, 6.45) is -3.29. The van der Waals surface area contributed by atoms with Gasteiger partial charge >= 0.3 is 7.82 Å². The van der Waals surface area contributed by atoms with Crippen LogP contribution in [0.15, 0.2) is 29.5 Å². The zero-order valence-electron chi connectivity index (χ0n) is 21.0.